The van der Waals surface area contributed by atoms with Crippen molar-refractivity contribution >= 4 is 28.5 Å². The third-order valence-corrected chi connectivity index (χ3v) is 5.98. The minimum Gasteiger partial charge on any atom is -0.496 e. The number of hydrogen-bond acceptors (Lipinski definition) is 5. The Balaban J connectivity index is 2.31. The highest BCUT2D eigenvalue weighted by molar-refractivity contribution is 6.18. The van der Waals surface area contributed by atoms with Crippen molar-refractivity contribution in [3.63, 3.8) is 0 Å². The van der Waals surface area contributed by atoms with E-state index < -0.39 is 34.6 Å². The number of nitrogens with two attached hydrogens (primary N) is 2. The molecule has 0 spiro atoms. The summed E-state index contributed by atoms with van der Waals surface area (Å²) in [4.78, 5) is 30.7. The second-order valence-electron chi connectivity index (χ2n) is 7.84. The third-order valence-electron chi connectivity index (χ3n) is 5.98. The molecule has 0 bridgehead atoms. The zero-order valence-corrected chi connectivity index (χ0v) is 18.4. The first-order valence-electron chi connectivity index (χ1n) is 10.1. The summed E-state index contributed by atoms with van der Waals surface area (Å²) < 4.78 is 49.1. The molecule has 4 rings (SSSR count). The predicted octanol–water partition coefficient (Wildman–Crippen LogP) is 3.33. The van der Waals surface area contributed by atoms with Crippen LogP contribution in [0.1, 0.15) is 50.2 Å². The van der Waals surface area contributed by atoms with Gasteiger partial charge in [-0.3, -0.25) is 14.2 Å². The number of pyridine rings is 1. The molecule has 2 amide bonds. The Labute approximate surface area is 186 Å². The topological polar surface area (TPSA) is 116 Å². The molecule has 0 atom stereocenters. The molecule has 3 heterocycles. The van der Waals surface area contributed by atoms with E-state index in [4.69, 9.17) is 16.2 Å². The number of carbonyl (C=O) groups excluding carboxylic acids is 2. The maximum atomic E-state index is 14.1. The number of nitrogen functional groups attached to an aromatic ring is 1. The van der Waals surface area contributed by atoms with Crippen LogP contribution in [-0.2, 0) is 12.7 Å². The summed E-state index contributed by atoms with van der Waals surface area (Å²) in [6.45, 7) is 5.35. The minimum absolute atomic E-state index is 0.0272. The first-order chi connectivity index (χ1) is 15.4. The molecule has 0 saturated heterocycles. The average Bonchev–Trinajstić information content (AvgIpc) is 3.21. The molecule has 0 fully saturated rings. The molecule has 0 unspecified atom stereocenters. The molecule has 1 aliphatic rings. The Bertz CT molecular complexity index is 1340. The number of rotatable bonds is 4. The first kappa shape index (κ1) is 22.4. The number of ether oxygens (including phenoxy) is 1. The molecule has 0 saturated carbocycles. The number of primary amides is 1. The minimum atomic E-state index is -4.92. The molecule has 11 heteroatoms. The lowest BCUT2D eigenvalue weighted by molar-refractivity contribution is -0.139. The van der Waals surface area contributed by atoms with Gasteiger partial charge in [-0.2, -0.15) is 13.2 Å². The highest BCUT2D eigenvalue weighted by Gasteiger charge is 2.43. The summed E-state index contributed by atoms with van der Waals surface area (Å²) in [5.74, 6) is -1.49. The lowest BCUT2D eigenvalue weighted by Gasteiger charge is -2.18. The number of alkyl halides is 3. The number of aryl methyl sites for hydroxylation is 1. The number of methoxy groups -OCH3 is 1. The zero-order valence-electron chi connectivity index (χ0n) is 18.4. The van der Waals surface area contributed by atoms with Crippen molar-refractivity contribution in [3.8, 4) is 11.4 Å². The number of anilines is 1. The van der Waals surface area contributed by atoms with Crippen molar-refractivity contribution in [2.24, 2.45) is 5.73 Å². The Morgan fingerprint density at radius 3 is 2.48 bits per heavy atom. The van der Waals surface area contributed by atoms with E-state index in [0.29, 0.717) is 22.6 Å². The van der Waals surface area contributed by atoms with Crippen LogP contribution in [-0.4, -0.2) is 39.9 Å². The maximum absolute atomic E-state index is 14.1. The lowest BCUT2D eigenvalue weighted by Crippen LogP contribution is -2.23. The molecule has 8 nitrogen and oxygen atoms in total. The highest BCUT2D eigenvalue weighted by atomic mass is 19.4. The number of benzene rings is 1. The normalized spacial score (nSPS) is 13.7. The van der Waals surface area contributed by atoms with Gasteiger partial charge in [-0.05, 0) is 32.4 Å². The molecule has 0 radical (unpaired) electrons. The van der Waals surface area contributed by atoms with Crippen molar-refractivity contribution in [3.05, 3.63) is 45.8 Å². The van der Waals surface area contributed by atoms with Crippen LogP contribution in [0, 0.1) is 13.8 Å². The fourth-order valence-electron chi connectivity index (χ4n) is 4.52. The predicted molar refractivity (Wildman–Crippen MR) is 115 cm³/mol. The van der Waals surface area contributed by atoms with Gasteiger partial charge in [-0.1, -0.05) is 6.07 Å². The van der Waals surface area contributed by atoms with Crippen LogP contribution in [0.15, 0.2) is 12.1 Å². The van der Waals surface area contributed by atoms with Gasteiger partial charge in [0.25, 0.3) is 11.8 Å². The number of hydrogen-bond donors (Lipinski definition) is 2. The standard InChI is InChI=1S/C22H22F3N5O3/c1-5-29-8-11-13(21(29)32)17-14(18(28-11)22(23,24)25)15(20(27)31)19(26)30(17)16-9(2)6-7-12(33-4)10(16)3/h6-7H,5,8,26H2,1-4H3,(H2,27,31). The summed E-state index contributed by atoms with van der Waals surface area (Å²) in [5.41, 5.74) is 11.4. The number of aromatic nitrogens is 2. The van der Waals surface area contributed by atoms with Crippen LogP contribution in [0.25, 0.3) is 16.6 Å². The van der Waals surface area contributed by atoms with E-state index in [0.717, 1.165) is 0 Å². The quantitative estimate of drug-likeness (QED) is 0.618. The molecule has 33 heavy (non-hydrogen) atoms. The van der Waals surface area contributed by atoms with Gasteiger partial charge in [0.05, 0.1) is 41.7 Å². The highest BCUT2D eigenvalue weighted by Crippen LogP contribution is 2.45. The maximum Gasteiger partial charge on any atom is 0.434 e. The zero-order chi connectivity index (χ0) is 24.4. The van der Waals surface area contributed by atoms with Crippen molar-refractivity contribution in [2.75, 3.05) is 19.4 Å². The first-order valence-corrected chi connectivity index (χ1v) is 10.1. The Kier molecular flexibility index (Phi) is 5.03. The molecule has 1 aliphatic heterocycles. The van der Waals surface area contributed by atoms with Crippen molar-refractivity contribution in [1.82, 2.24) is 14.5 Å². The molecule has 0 aliphatic carbocycles. The number of nitrogens with zero attached hydrogens (tertiary/aromatic N) is 3. The summed E-state index contributed by atoms with van der Waals surface area (Å²) in [6.07, 6.45) is -4.92. The third kappa shape index (κ3) is 3.10. The Hall–Kier alpha value is -3.76. The number of amides is 2. The number of fused-ring (bicyclic) bond motifs is 3. The second kappa shape index (κ2) is 7.39. The van der Waals surface area contributed by atoms with Gasteiger partial charge >= 0.3 is 6.18 Å². The van der Waals surface area contributed by atoms with E-state index in [1.54, 1.807) is 32.9 Å². The van der Waals surface area contributed by atoms with Gasteiger partial charge in [0, 0.05) is 17.5 Å². The van der Waals surface area contributed by atoms with Crippen LogP contribution in [0.3, 0.4) is 0 Å². The van der Waals surface area contributed by atoms with Crippen LogP contribution in [0.2, 0.25) is 0 Å². The van der Waals surface area contributed by atoms with Gasteiger partial charge in [-0.25, -0.2) is 4.98 Å². The average molecular weight is 461 g/mol. The number of halogens is 3. The molecule has 3 aromatic rings. The van der Waals surface area contributed by atoms with Crippen LogP contribution in [0.5, 0.6) is 5.75 Å². The van der Waals surface area contributed by atoms with Gasteiger partial charge in [0.2, 0.25) is 0 Å². The monoisotopic (exact) mass is 461 g/mol. The van der Waals surface area contributed by atoms with E-state index >= 15 is 0 Å². The van der Waals surface area contributed by atoms with Gasteiger partial charge in [-0.15, -0.1) is 0 Å². The molecule has 1 aromatic carbocycles. The summed E-state index contributed by atoms with van der Waals surface area (Å²) >= 11 is 0. The molecule has 174 valence electrons. The summed E-state index contributed by atoms with van der Waals surface area (Å²) in [7, 11) is 1.46. The van der Waals surface area contributed by atoms with Gasteiger partial charge < -0.3 is 21.1 Å². The van der Waals surface area contributed by atoms with Gasteiger partial charge in [0.15, 0.2) is 5.69 Å². The molecular formula is C22H22F3N5O3. The molecule has 2 aromatic heterocycles. The van der Waals surface area contributed by atoms with E-state index in [1.165, 1.54) is 16.6 Å². The largest absolute Gasteiger partial charge is 0.496 e. The summed E-state index contributed by atoms with van der Waals surface area (Å²) in [5, 5.41) is -0.584. The second-order valence-corrected chi connectivity index (χ2v) is 7.84. The Morgan fingerprint density at radius 2 is 1.94 bits per heavy atom. The van der Waals surface area contributed by atoms with E-state index in [-0.39, 0.29) is 35.7 Å². The van der Waals surface area contributed by atoms with Crippen molar-refractivity contribution < 1.29 is 27.5 Å². The SMILES string of the molecule is CCN1Cc2nc(C(F)(F)F)c3c(C(N)=O)c(N)n(-c4c(C)ccc(OC)c4C)c3c2C1=O. The summed E-state index contributed by atoms with van der Waals surface area (Å²) in [6, 6.07) is 3.42. The lowest BCUT2D eigenvalue weighted by atomic mass is 10.0. The van der Waals surface area contributed by atoms with Crippen molar-refractivity contribution in [2.45, 2.75) is 33.5 Å². The smallest absolute Gasteiger partial charge is 0.434 e. The van der Waals surface area contributed by atoms with Crippen LogP contribution < -0.4 is 16.2 Å². The van der Waals surface area contributed by atoms with E-state index in [1.807, 2.05) is 0 Å². The molecule has 4 N–H and O–H groups in total. The van der Waals surface area contributed by atoms with Crippen molar-refractivity contribution in [1.29, 1.82) is 0 Å². The fourth-order valence-corrected chi connectivity index (χ4v) is 4.52. The Morgan fingerprint density at radius 1 is 1.27 bits per heavy atom. The number of carbonyl (C=O) groups is 2. The van der Waals surface area contributed by atoms with E-state index in [2.05, 4.69) is 4.98 Å². The van der Waals surface area contributed by atoms with Crippen LogP contribution >= 0.6 is 0 Å². The fraction of sp³-hybridized carbons (Fsp3) is 0.318. The van der Waals surface area contributed by atoms with Crippen LogP contribution in [0.4, 0.5) is 19.0 Å². The van der Waals surface area contributed by atoms with Gasteiger partial charge in [0.1, 0.15) is 11.6 Å². The van der Waals surface area contributed by atoms with E-state index in [9.17, 15) is 22.8 Å². The molecular weight excluding hydrogens is 439 g/mol.